The molecule has 0 unspecified atom stereocenters. The van der Waals surface area contributed by atoms with E-state index < -0.39 is 18.0 Å². The van der Waals surface area contributed by atoms with Crippen molar-refractivity contribution in [3.63, 3.8) is 0 Å². The Hall–Kier alpha value is -2.66. The fourth-order valence-electron chi connectivity index (χ4n) is 1.79. The van der Waals surface area contributed by atoms with Gasteiger partial charge in [0.2, 0.25) is 0 Å². The van der Waals surface area contributed by atoms with E-state index in [1.165, 1.54) is 0 Å². The number of carbonyl (C=O) groups excluding carboxylic acids is 1. The predicted molar refractivity (Wildman–Crippen MR) is 76.6 cm³/mol. The maximum absolute atomic E-state index is 11.7. The summed E-state index contributed by atoms with van der Waals surface area (Å²) in [5.41, 5.74) is 3.51. The molecule has 0 spiro atoms. The van der Waals surface area contributed by atoms with Crippen LogP contribution < -0.4 is 5.48 Å². The molecule has 0 radical (unpaired) electrons. The van der Waals surface area contributed by atoms with E-state index in [4.69, 9.17) is 9.94 Å². The zero-order valence-corrected chi connectivity index (χ0v) is 11.2. The van der Waals surface area contributed by atoms with Gasteiger partial charge in [-0.2, -0.15) is 0 Å². The van der Waals surface area contributed by atoms with Crippen molar-refractivity contribution in [2.75, 3.05) is 0 Å². The smallest absolute Gasteiger partial charge is 0.356 e. The first-order valence-electron chi connectivity index (χ1n) is 6.45. The van der Waals surface area contributed by atoms with Gasteiger partial charge < -0.3 is 9.94 Å². The summed E-state index contributed by atoms with van der Waals surface area (Å²) in [4.78, 5) is 27.8. The summed E-state index contributed by atoms with van der Waals surface area (Å²) in [7, 11) is 0. The highest BCUT2D eigenvalue weighted by Crippen LogP contribution is 2.05. The minimum absolute atomic E-state index is 0.220. The third-order valence-corrected chi connectivity index (χ3v) is 2.88. The van der Waals surface area contributed by atoms with Crippen molar-refractivity contribution in [1.29, 1.82) is 0 Å². The molecule has 5 nitrogen and oxygen atoms in total. The van der Waals surface area contributed by atoms with E-state index in [2.05, 4.69) is 5.48 Å². The van der Waals surface area contributed by atoms with Crippen molar-refractivity contribution in [2.24, 2.45) is 0 Å². The number of hydrogen-bond donors (Lipinski definition) is 2. The normalized spacial score (nSPS) is 11.6. The van der Waals surface area contributed by atoms with Crippen molar-refractivity contribution < 1.29 is 19.5 Å². The molecule has 2 aromatic rings. The Bertz CT molecular complexity index is 598. The molecule has 0 aliphatic heterocycles. The fraction of sp³-hybridized carbons (Fsp3) is 0.125. The van der Waals surface area contributed by atoms with Crippen molar-refractivity contribution >= 4 is 11.9 Å². The van der Waals surface area contributed by atoms with E-state index in [-0.39, 0.29) is 6.42 Å². The second-order valence-electron chi connectivity index (χ2n) is 4.45. The summed E-state index contributed by atoms with van der Waals surface area (Å²) in [6, 6.07) is 16.5. The Labute approximate surface area is 122 Å². The molecule has 0 aliphatic carbocycles. The number of rotatable bonds is 6. The lowest BCUT2D eigenvalue weighted by Gasteiger charge is -2.14. The summed E-state index contributed by atoms with van der Waals surface area (Å²) in [5.74, 6) is -1.70. The van der Waals surface area contributed by atoms with Gasteiger partial charge in [-0.25, -0.2) is 4.79 Å². The Kier molecular flexibility index (Phi) is 5.06. The highest BCUT2D eigenvalue weighted by molar-refractivity contribution is 5.89. The quantitative estimate of drug-likeness (QED) is 0.794. The molecule has 0 aliphatic rings. The second kappa shape index (κ2) is 7.21. The average molecular weight is 285 g/mol. The van der Waals surface area contributed by atoms with Crippen LogP contribution in [0.1, 0.15) is 15.9 Å². The van der Waals surface area contributed by atoms with Crippen LogP contribution in [0.4, 0.5) is 0 Å². The van der Waals surface area contributed by atoms with Gasteiger partial charge in [0.15, 0.2) is 0 Å². The molecule has 0 amide bonds. The number of nitrogens with one attached hydrogen (secondary N) is 1. The Morgan fingerprint density at radius 3 is 2.14 bits per heavy atom. The number of hydroxylamine groups is 1. The SMILES string of the molecule is O=C(ON[C@@H](Cc1ccccc1)C(=O)O)c1ccccc1. The molecule has 0 fully saturated rings. The van der Waals surface area contributed by atoms with E-state index in [0.717, 1.165) is 5.56 Å². The average Bonchev–Trinajstić information content (AvgIpc) is 2.52. The van der Waals surface area contributed by atoms with E-state index in [9.17, 15) is 9.59 Å². The lowest BCUT2D eigenvalue weighted by atomic mass is 10.1. The molecular formula is C16H15NO4. The Morgan fingerprint density at radius 2 is 1.57 bits per heavy atom. The van der Waals surface area contributed by atoms with Crippen LogP contribution in [0.5, 0.6) is 0 Å². The molecule has 0 bridgehead atoms. The van der Waals surface area contributed by atoms with Crippen molar-refractivity contribution in [1.82, 2.24) is 5.48 Å². The topological polar surface area (TPSA) is 75.6 Å². The Balaban J connectivity index is 1.95. The van der Waals surface area contributed by atoms with E-state index >= 15 is 0 Å². The fourth-order valence-corrected chi connectivity index (χ4v) is 1.79. The molecule has 0 heterocycles. The van der Waals surface area contributed by atoms with E-state index in [0.29, 0.717) is 5.56 Å². The monoisotopic (exact) mass is 285 g/mol. The van der Waals surface area contributed by atoms with Gasteiger partial charge in [-0.1, -0.05) is 48.5 Å². The van der Waals surface area contributed by atoms with Gasteiger partial charge in [0, 0.05) is 6.42 Å². The van der Waals surface area contributed by atoms with E-state index in [1.54, 1.807) is 30.3 Å². The van der Waals surface area contributed by atoms with Crippen LogP contribution in [0.3, 0.4) is 0 Å². The molecular weight excluding hydrogens is 270 g/mol. The van der Waals surface area contributed by atoms with E-state index in [1.807, 2.05) is 30.3 Å². The first-order valence-corrected chi connectivity index (χ1v) is 6.45. The first kappa shape index (κ1) is 14.7. The molecule has 21 heavy (non-hydrogen) atoms. The summed E-state index contributed by atoms with van der Waals surface area (Å²) >= 11 is 0. The van der Waals surface area contributed by atoms with Crippen LogP contribution in [0.25, 0.3) is 0 Å². The second-order valence-corrected chi connectivity index (χ2v) is 4.45. The van der Waals surface area contributed by atoms with Crippen LogP contribution in [-0.2, 0) is 16.1 Å². The molecule has 0 saturated carbocycles. The zero-order valence-electron chi connectivity index (χ0n) is 11.2. The molecule has 2 N–H and O–H groups in total. The molecule has 5 heteroatoms. The third-order valence-electron chi connectivity index (χ3n) is 2.88. The predicted octanol–water partition coefficient (Wildman–Crippen LogP) is 2.04. The number of carboxylic acids is 1. The number of carbonyl (C=O) groups is 2. The van der Waals surface area contributed by atoms with Crippen molar-refractivity contribution in [2.45, 2.75) is 12.5 Å². The number of hydrogen-bond acceptors (Lipinski definition) is 4. The van der Waals surface area contributed by atoms with Crippen LogP contribution in [0.15, 0.2) is 60.7 Å². The summed E-state index contributed by atoms with van der Waals surface area (Å²) in [5, 5.41) is 9.16. The van der Waals surface area contributed by atoms with Gasteiger partial charge in [0.1, 0.15) is 6.04 Å². The molecule has 108 valence electrons. The maximum atomic E-state index is 11.7. The maximum Gasteiger partial charge on any atom is 0.356 e. The lowest BCUT2D eigenvalue weighted by molar-refractivity contribution is -0.142. The summed E-state index contributed by atoms with van der Waals surface area (Å²) < 4.78 is 0. The van der Waals surface area contributed by atoms with Gasteiger partial charge >= 0.3 is 11.9 Å². The van der Waals surface area contributed by atoms with Crippen LogP contribution in [0, 0.1) is 0 Å². The van der Waals surface area contributed by atoms with Crippen LogP contribution >= 0.6 is 0 Å². The summed E-state index contributed by atoms with van der Waals surface area (Å²) in [6.45, 7) is 0. The number of carboxylic acid groups (broad SMARTS) is 1. The standard InChI is InChI=1S/C16H15NO4/c18-15(19)14(11-12-7-3-1-4-8-12)17-21-16(20)13-9-5-2-6-10-13/h1-10,14,17H,11H2,(H,18,19)/t14-/m0/s1. The molecule has 1 atom stereocenters. The largest absolute Gasteiger partial charge is 0.480 e. The van der Waals surface area contributed by atoms with Crippen molar-refractivity contribution in [3.05, 3.63) is 71.8 Å². The van der Waals surface area contributed by atoms with Gasteiger partial charge in [-0.15, -0.1) is 5.48 Å². The van der Waals surface area contributed by atoms with Gasteiger partial charge in [-0.3, -0.25) is 4.79 Å². The zero-order chi connectivity index (χ0) is 15.1. The molecule has 0 saturated heterocycles. The van der Waals surface area contributed by atoms with Gasteiger partial charge in [0.25, 0.3) is 0 Å². The minimum Gasteiger partial charge on any atom is -0.480 e. The minimum atomic E-state index is -1.08. The molecule has 0 aromatic heterocycles. The highest BCUT2D eigenvalue weighted by Gasteiger charge is 2.20. The van der Waals surface area contributed by atoms with Gasteiger partial charge in [0.05, 0.1) is 5.56 Å². The third kappa shape index (κ3) is 4.43. The highest BCUT2D eigenvalue weighted by atomic mass is 16.7. The Morgan fingerprint density at radius 1 is 1.00 bits per heavy atom. The van der Waals surface area contributed by atoms with Gasteiger partial charge in [-0.05, 0) is 17.7 Å². The lowest BCUT2D eigenvalue weighted by Crippen LogP contribution is -2.39. The summed E-state index contributed by atoms with van der Waals surface area (Å²) in [6.07, 6.45) is 0.220. The first-order chi connectivity index (χ1) is 10.2. The molecule has 2 rings (SSSR count). The number of aliphatic carboxylic acids is 1. The van der Waals surface area contributed by atoms with Crippen molar-refractivity contribution in [3.8, 4) is 0 Å². The van der Waals surface area contributed by atoms with Crippen LogP contribution in [-0.4, -0.2) is 23.1 Å². The number of benzene rings is 2. The van der Waals surface area contributed by atoms with Crippen LogP contribution in [0.2, 0.25) is 0 Å². The molecule has 2 aromatic carbocycles.